The minimum absolute atomic E-state index is 0.112. The predicted octanol–water partition coefficient (Wildman–Crippen LogP) is 3.64. The van der Waals surface area contributed by atoms with Crippen molar-refractivity contribution in [2.24, 2.45) is 0 Å². The minimum Gasteiger partial charge on any atom is -0.459 e. The lowest BCUT2D eigenvalue weighted by Gasteiger charge is -2.11. The van der Waals surface area contributed by atoms with Gasteiger partial charge in [0.1, 0.15) is 0 Å². The number of para-hydroxylation sites is 2. The Morgan fingerprint density at radius 3 is 2.32 bits per heavy atom. The van der Waals surface area contributed by atoms with Crippen molar-refractivity contribution in [2.75, 3.05) is 17.2 Å². The van der Waals surface area contributed by atoms with Crippen LogP contribution in [0.5, 0.6) is 0 Å². The van der Waals surface area contributed by atoms with E-state index in [1.165, 1.54) is 18.4 Å². The second-order valence-corrected chi connectivity index (χ2v) is 5.92. The van der Waals surface area contributed by atoms with Crippen molar-refractivity contribution in [2.45, 2.75) is 6.92 Å². The maximum Gasteiger partial charge on any atom is 0.340 e. The van der Waals surface area contributed by atoms with Crippen molar-refractivity contribution >= 4 is 29.2 Å². The molecule has 0 aliphatic rings. The fourth-order valence-electron chi connectivity index (χ4n) is 2.47. The molecule has 0 spiro atoms. The highest BCUT2D eigenvalue weighted by Gasteiger charge is 2.17. The van der Waals surface area contributed by atoms with Gasteiger partial charge in [0.25, 0.3) is 11.8 Å². The number of anilines is 2. The second kappa shape index (κ2) is 8.68. The van der Waals surface area contributed by atoms with Gasteiger partial charge < -0.3 is 19.8 Å². The van der Waals surface area contributed by atoms with E-state index >= 15 is 0 Å². The van der Waals surface area contributed by atoms with Crippen molar-refractivity contribution < 1.29 is 23.5 Å². The zero-order valence-electron chi connectivity index (χ0n) is 15.1. The Bertz CT molecular complexity index is 996. The number of aryl methyl sites for hydroxylation is 1. The molecule has 28 heavy (non-hydrogen) atoms. The number of esters is 1. The van der Waals surface area contributed by atoms with Gasteiger partial charge in [-0.15, -0.1) is 0 Å². The first-order valence-corrected chi connectivity index (χ1v) is 8.51. The van der Waals surface area contributed by atoms with E-state index in [1.807, 2.05) is 19.1 Å². The first kappa shape index (κ1) is 18.9. The number of rotatable bonds is 6. The molecule has 0 unspecified atom stereocenters. The molecule has 2 amide bonds. The highest BCUT2D eigenvalue weighted by Crippen LogP contribution is 2.18. The number of hydrogen-bond donors (Lipinski definition) is 2. The van der Waals surface area contributed by atoms with Gasteiger partial charge in [0.05, 0.1) is 17.5 Å². The smallest absolute Gasteiger partial charge is 0.340 e. The first-order chi connectivity index (χ1) is 13.5. The second-order valence-electron chi connectivity index (χ2n) is 5.92. The number of ether oxygens (including phenoxy) is 1. The molecule has 142 valence electrons. The molecule has 3 rings (SSSR count). The van der Waals surface area contributed by atoms with Crippen LogP contribution < -0.4 is 10.6 Å². The predicted molar refractivity (Wildman–Crippen MR) is 103 cm³/mol. The third kappa shape index (κ3) is 4.64. The molecular formula is C21H18N2O5. The van der Waals surface area contributed by atoms with Crippen LogP contribution >= 0.6 is 0 Å². The van der Waals surface area contributed by atoms with Gasteiger partial charge in [-0.2, -0.15) is 0 Å². The molecule has 0 aliphatic heterocycles. The molecular weight excluding hydrogens is 360 g/mol. The van der Waals surface area contributed by atoms with E-state index in [9.17, 15) is 14.4 Å². The van der Waals surface area contributed by atoms with Gasteiger partial charge in [-0.25, -0.2) is 4.79 Å². The van der Waals surface area contributed by atoms with E-state index in [4.69, 9.17) is 9.15 Å². The van der Waals surface area contributed by atoms with Crippen LogP contribution in [0.3, 0.4) is 0 Å². The average Bonchev–Trinajstić information content (AvgIpc) is 3.23. The molecule has 0 radical (unpaired) electrons. The lowest BCUT2D eigenvalue weighted by molar-refractivity contribution is -0.119. The Balaban J connectivity index is 1.62. The van der Waals surface area contributed by atoms with E-state index in [2.05, 4.69) is 10.6 Å². The van der Waals surface area contributed by atoms with Crippen LogP contribution in [0.2, 0.25) is 0 Å². The van der Waals surface area contributed by atoms with Gasteiger partial charge in [-0.05, 0) is 42.8 Å². The van der Waals surface area contributed by atoms with Crippen LogP contribution in [0.25, 0.3) is 0 Å². The van der Waals surface area contributed by atoms with E-state index < -0.39 is 24.4 Å². The first-order valence-electron chi connectivity index (χ1n) is 8.51. The summed E-state index contributed by atoms with van der Waals surface area (Å²) in [6.45, 7) is 1.41. The van der Waals surface area contributed by atoms with E-state index in [-0.39, 0.29) is 17.0 Å². The van der Waals surface area contributed by atoms with Gasteiger partial charge in [0.15, 0.2) is 12.4 Å². The van der Waals surface area contributed by atoms with Crippen molar-refractivity contribution in [1.82, 2.24) is 0 Å². The third-order valence-electron chi connectivity index (χ3n) is 3.89. The molecule has 1 aromatic heterocycles. The number of carbonyl (C=O) groups is 3. The molecule has 0 saturated heterocycles. The minimum atomic E-state index is -0.727. The lowest BCUT2D eigenvalue weighted by atomic mass is 10.1. The molecule has 0 saturated carbocycles. The Kier molecular flexibility index (Phi) is 5.86. The number of amides is 2. The summed E-state index contributed by atoms with van der Waals surface area (Å²) in [5.41, 5.74) is 1.93. The maximum absolute atomic E-state index is 12.4. The molecule has 0 bridgehead atoms. The molecule has 1 heterocycles. The van der Waals surface area contributed by atoms with Crippen molar-refractivity contribution in [1.29, 1.82) is 0 Å². The zero-order valence-corrected chi connectivity index (χ0v) is 15.1. The summed E-state index contributed by atoms with van der Waals surface area (Å²) in [5, 5.41) is 5.28. The lowest BCUT2D eigenvalue weighted by Crippen LogP contribution is -2.22. The highest BCUT2D eigenvalue weighted by atomic mass is 16.5. The molecule has 3 aromatic rings. The summed E-state index contributed by atoms with van der Waals surface area (Å²) in [6, 6.07) is 16.7. The van der Waals surface area contributed by atoms with Crippen molar-refractivity contribution in [3.05, 3.63) is 83.8 Å². The molecule has 7 nitrogen and oxygen atoms in total. The van der Waals surface area contributed by atoms with Crippen molar-refractivity contribution in [3.8, 4) is 0 Å². The van der Waals surface area contributed by atoms with Crippen LogP contribution in [-0.4, -0.2) is 24.4 Å². The summed E-state index contributed by atoms with van der Waals surface area (Å²) in [7, 11) is 0. The van der Waals surface area contributed by atoms with Gasteiger partial charge in [0, 0.05) is 5.69 Å². The number of carbonyl (C=O) groups excluding carboxylic acids is 3. The zero-order chi connectivity index (χ0) is 19.9. The largest absolute Gasteiger partial charge is 0.459 e. The SMILES string of the molecule is Cc1ccccc1NC(=O)COC(=O)c1ccccc1NC(=O)c1ccco1. The van der Waals surface area contributed by atoms with Crippen molar-refractivity contribution in [3.63, 3.8) is 0 Å². The molecule has 0 fully saturated rings. The highest BCUT2D eigenvalue weighted by molar-refractivity contribution is 6.07. The molecule has 2 N–H and O–H groups in total. The molecule has 0 aliphatic carbocycles. The molecule has 0 atom stereocenters. The summed E-state index contributed by atoms with van der Waals surface area (Å²) in [6.07, 6.45) is 1.38. The van der Waals surface area contributed by atoms with Gasteiger partial charge >= 0.3 is 5.97 Å². The summed E-state index contributed by atoms with van der Waals surface area (Å²) >= 11 is 0. The average molecular weight is 378 g/mol. The normalized spacial score (nSPS) is 10.2. The fourth-order valence-corrected chi connectivity index (χ4v) is 2.47. The van der Waals surface area contributed by atoms with Crippen LogP contribution in [0.15, 0.2) is 71.3 Å². The monoisotopic (exact) mass is 378 g/mol. The Labute approximate surface area is 161 Å². The molecule has 7 heteroatoms. The standard InChI is InChI=1S/C21H18N2O5/c1-14-7-2-4-9-16(14)22-19(24)13-28-21(26)15-8-3-5-10-17(15)23-20(25)18-11-6-12-27-18/h2-12H,13H2,1H3,(H,22,24)(H,23,25). The van der Waals surface area contributed by atoms with E-state index in [0.29, 0.717) is 5.69 Å². The Morgan fingerprint density at radius 1 is 0.893 bits per heavy atom. The number of benzene rings is 2. The van der Waals surface area contributed by atoms with Crippen LogP contribution in [0.1, 0.15) is 26.5 Å². The number of nitrogens with one attached hydrogen (secondary N) is 2. The summed E-state index contributed by atoms with van der Waals surface area (Å²) in [4.78, 5) is 36.6. The summed E-state index contributed by atoms with van der Waals surface area (Å²) in [5.74, 6) is -1.57. The summed E-state index contributed by atoms with van der Waals surface area (Å²) < 4.78 is 10.1. The third-order valence-corrected chi connectivity index (χ3v) is 3.89. The van der Waals surface area contributed by atoms with Gasteiger partial charge in [-0.3, -0.25) is 9.59 Å². The van der Waals surface area contributed by atoms with Crippen LogP contribution in [0, 0.1) is 6.92 Å². The molecule has 2 aromatic carbocycles. The number of furan rings is 1. The van der Waals surface area contributed by atoms with Crippen LogP contribution in [-0.2, 0) is 9.53 Å². The quantitative estimate of drug-likeness (QED) is 0.638. The van der Waals surface area contributed by atoms with Gasteiger partial charge in [-0.1, -0.05) is 30.3 Å². The number of hydrogen-bond acceptors (Lipinski definition) is 5. The fraction of sp³-hybridized carbons (Fsp3) is 0.0952. The maximum atomic E-state index is 12.4. The Morgan fingerprint density at radius 2 is 1.61 bits per heavy atom. The van der Waals surface area contributed by atoms with E-state index in [0.717, 1.165) is 5.56 Å². The topological polar surface area (TPSA) is 97.6 Å². The van der Waals surface area contributed by atoms with Gasteiger partial charge in [0.2, 0.25) is 0 Å². The van der Waals surface area contributed by atoms with E-state index in [1.54, 1.807) is 36.4 Å². The Hall–Kier alpha value is -3.87. The van der Waals surface area contributed by atoms with Crippen LogP contribution in [0.4, 0.5) is 11.4 Å².